The molecule has 1 heterocycles. The van der Waals surface area contributed by atoms with E-state index in [1.54, 1.807) is 48.5 Å². The van der Waals surface area contributed by atoms with Gasteiger partial charge in [0.1, 0.15) is 11.5 Å². The summed E-state index contributed by atoms with van der Waals surface area (Å²) >= 11 is 0. The molecule has 1 aromatic heterocycles. The Morgan fingerprint density at radius 1 is 0.943 bits per heavy atom. The second-order valence-corrected chi connectivity index (χ2v) is 10.9. The van der Waals surface area contributed by atoms with Crippen LogP contribution in [0.15, 0.2) is 63.8 Å². The Morgan fingerprint density at radius 3 is 2.31 bits per heavy atom. The van der Waals surface area contributed by atoms with Crippen molar-refractivity contribution in [3.63, 3.8) is 0 Å². The van der Waals surface area contributed by atoms with Gasteiger partial charge in [-0.15, -0.1) is 0 Å². The van der Waals surface area contributed by atoms with Crippen molar-refractivity contribution in [2.24, 2.45) is 11.1 Å². The summed E-state index contributed by atoms with van der Waals surface area (Å²) in [5.41, 5.74) is 2.07. The molecule has 0 spiro atoms. The third kappa shape index (κ3) is 4.86. The molecule has 2 aliphatic rings. The van der Waals surface area contributed by atoms with Crippen LogP contribution in [0, 0.1) is 5.92 Å². The van der Waals surface area contributed by atoms with Gasteiger partial charge in [-0.2, -0.15) is 8.42 Å². The van der Waals surface area contributed by atoms with Gasteiger partial charge in [0.2, 0.25) is 0 Å². The number of nitrogens with zero attached hydrogens (tertiary/aromatic N) is 1. The van der Waals surface area contributed by atoms with Gasteiger partial charge < -0.3 is 9.52 Å². The van der Waals surface area contributed by atoms with E-state index in [1.807, 2.05) is 6.07 Å². The molecule has 0 radical (unpaired) electrons. The summed E-state index contributed by atoms with van der Waals surface area (Å²) in [6.07, 6.45) is 7.23. The minimum Gasteiger partial charge on any atom is -0.507 e. The predicted molar refractivity (Wildman–Crippen MR) is 135 cm³/mol. The maximum absolute atomic E-state index is 13.2. The van der Waals surface area contributed by atoms with Crippen LogP contribution < -0.4 is 15.1 Å². The lowest BCUT2D eigenvalue weighted by atomic mass is 9.85. The van der Waals surface area contributed by atoms with Gasteiger partial charge in [-0.25, -0.2) is 14.2 Å². The first-order valence-corrected chi connectivity index (χ1v) is 13.7. The molecule has 1 saturated carbocycles. The molecule has 1 unspecified atom stereocenters. The third-order valence-electron chi connectivity index (χ3n) is 7.01. The van der Waals surface area contributed by atoms with E-state index in [-0.39, 0.29) is 23.1 Å². The molecule has 184 valence electrons. The summed E-state index contributed by atoms with van der Waals surface area (Å²) in [5, 5.41) is 16.9. The van der Waals surface area contributed by atoms with Gasteiger partial charge in [-0.05, 0) is 67.9 Å². The fraction of sp³-hybridized carbons (Fsp3) is 0.370. The number of fused-ring (bicyclic) bond motifs is 1. The van der Waals surface area contributed by atoms with Crippen LogP contribution in [0.3, 0.4) is 0 Å². The Bertz CT molecular complexity index is 1380. The normalized spacial score (nSPS) is 17.2. The van der Waals surface area contributed by atoms with Gasteiger partial charge in [0.15, 0.2) is 0 Å². The molecule has 0 amide bonds. The zero-order valence-corrected chi connectivity index (χ0v) is 20.3. The number of hydrogen-bond donors (Lipinski definition) is 2. The highest BCUT2D eigenvalue weighted by Gasteiger charge is 2.39. The largest absolute Gasteiger partial charge is 0.507 e. The van der Waals surface area contributed by atoms with Crippen LogP contribution in [0.2, 0.25) is 0 Å². The summed E-state index contributed by atoms with van der Waals surface area (Å²) in [6, 6.07) is 15.7. The molecule has 3 aromatic rings. The van der Waals surface area contributed by atoms with Gasteiger partial charge >= 0.3 is 15.8 Å². The maximum atomic E-state index is 13.2. The van der Waals surface area contributed by atoms with Crippen LogP contribution in [0.4, 0.5) is 11.4 Å². The molecular weight excluding hydrogens is 464 g/mol. The fourth-order valence-electron chi connectivity index (χ4n) is 5.25. The van der Waals surface area contributed by atoms with Gasteiger partial charge in [0.25, 0.3) is 0 Å². The summed E-state index contributed by atoms with van der Waals surface area (Å²) in [4.78, 5) is 13.2. The molecule has 1 atom stereocenters. The van der Waals surface area contributed by atoms with E-state index >= 15 is 0 Å². The number of anilines is 2. The second kappa shape index (κ2) is 9.51. The lowest BCUT2D eigenvalue weighted by Crippen LogP contribution is -2.32. The van der Waals surface area contributed by atoms with Crippen molar-refractivity contribution in [2.75, 3.05) is 4.31 Å². The number of hydrogen-bond acceptors (Lipinski definition) is 5. The molecular formula is C27H30N2O5S. The number of aryl methyl sites for hydroxylation is 1. The zero-order valence-electron chi connectivity index (χ0n) is 19.5. The van der Waals surface area contributed by atoms with E-state index in [9.17, 15) is 18.3 Å². The first-order valence-electron chi connectivity index (χ1n) is 12.2. The number of aromatic hydroxyl groups is 1. The average molecular weight is 495 g/mol. The first kappa shape index (κ1) is 23.6. The van der Waals surface area contributed by atoms with E-state index in [0.29, 0.717) is 30.0 Å². The second-order valence-electron chi connectivity index (χ2n) is 9.52. The summed E-state index contributed by atoms with van der Waals surface area (Å²) < 4.78 is 32.0. The Balaban J connectivity index is 1.62. The van der Waals surface area contributed by atoms with E-state index < -0.39 is 15.8 Å². The monoisotopic (exact) mass is 494 g/mol. The van der Waals surface area contributed by atoms with E-state index in [1.165, 1.54) is 0 Å². The highest BCUT2D eigenvalue weighted by Crippen LogP contribution is 2.49. The SMILES string of the molecule is NS(=O)(=O)N(c1ccccc1)c1cccc(C(c2c(O)c3c(oc2=O)CCCCCC3)C2CC2)c1. The van der Waals surface area contributed by atoms with Gasteiger partial charge in [0.05, 0.1) is 16.9 Å². The first-order chi connectivity index (χ1) is 16.8. The van der Waals surface area contributed by atoms with E-state index in [0.717, 1.165) is 54.0 Å². The lowest BCUT2D eigenvalue weighted by Gasteiger charge is -2.25. The molecule has 2 aromatic carbocycles. The minimum absolute atomic E-state index is 0.0480. The quantitative estimate of drug-likeness (QED) is 0.507. The highest BCUT2D eigenvalue weighted by molar-refractivity contribution is 7.90. The molecule has 3 N–H and O–H groups in total. The van der Waals surface area contributed by atoms with Crippen molar-refractivity contribution >= 4 is 21.6 Å². The summed E-state index contributed by atoms with van der Waals surface area (Å²) in [6.45, 7) is 0. The molecule has 1 fully saturated rings. The Hall–Kier alpha value is -3.10. The Kier molecular flexibility index (Phi) is 6.42. The van der Waals surface area contributed by atoms with Crippen LogP contribution in [-0.4, -0.2) is 13.5 Å². The predicted octanol–water partition coefficient (Wildman–Crippen LogP) is 4.89. The minimum atomic E-state index is -4.11. The van der Waals surface area contributed by atoms with Crippen molar-refractivity contribution in [1.82, 2.24) is 0 Å². The molecule has 2 aliphatic carbocycles. The van der Waals surface area contributed by atoms with Crippen LogP contribution in [-0.2, 0) is 23.1 Å². The number of rotatable bonds is 6. The Labute approximate surface area is 205 Å². The highest BCUT2D eigenvalue weighted by atomic mass is 32.2. The van der Waals surface area contributed by atoms with Crippen molar-refractivity contribution in [1.29, 1.82) is 0 Å². The van der Waals surface area contributed by atoms with Crippen LogP contribution in [0.1, 0.15) is 66.9 Å². The van der Waals surface area contributed by atoms with E-state index in [4.69, 9.17) is 9.56 Å². The van der Waals surface area contributed by atoms with E-state index in [2.05, 4.69) is 0 Å². The zero-order chi connectivity index (χ0) is 24.6. The molecule has 8 heteroatoms. The topological polar surface area (TPSA) is 114 Å². The molecule has 7 nitrogen and oxygen atoms in total. The number of para-hydroxylation sites is 1. The average Bonchev–Trinajstić information content (AvgIpc) is 3.63. The van der Waals surface area contributed by atoms with Crippen molar-refractivity contribution in [3.05, 3.63) is 87.5 Å². The van der Waals surface area contributed by atoms with Crippen LogP contribution >= 0.6 is 0 Å². The fourth-order valence-corrected chi connectivity index (χ4v) is 6.07. The maximum Gasteiger partial charge on any atom is 0.343 e. The summed E-state index contributed by atoms with van der Waals surface area (Å²) in [7, 11) is -4.11. The van der Waals surface area contributed by atoms with Crippen molar-refractivity contribution in [3.8, 4) is 5.75 Å². The number of benzene rings is 2. The van der Waals surface area contributed by atoms with Gasteiger partial charge in [-0.1, -0.05) is 43.2 Å². The molecule has 5 rings (SSSR count). The smallest absolute Gasteiger partial charge is 0.343 e. The molecule has 35 heavy (non-hydrogen) atoms. The van der Waals surface area contributed by atoms with Crippen molar-refractivity contribution < 1.29 is 17.9 Å². The molecule has 0 bridgehead atoms. The summed E-state index contributed by atoms with van der Waals surface area (Å²) in [5.74, 6) is 0.431. The van der Waals surface area contributed by atoms with Gasteiger partial charge in [-0.3, -0.25) is 0 Å². The molecule has 0 saturated heterocycles. The van der Waals surface area contributed by atoms with Crippen LogP contribution in [0.25, 0.3) is 0 Å². The third-order valence-corrected chi connectivity index (χ3v) is 7.94. The molecule has 0 aliphatic heterocycles. The van der Waals surface area contributed by atoms with Crippen LogP contribution in [0.5, 0.6) is 5.75 Å². The Morgan fingerprint density at radius 2 is 1.63 bits per heavy atom. The van der Waals surface area contributed by atoms with Gasteiger partial charge in [0, 0.05) is 17.9 Å². The van der Waals surface area contributed by atoms with Crippen molar-refractivity contribution in [2.45, 2.75) is 57.3 Å². The lowest BCUT2D eigenvalue weighted by molar-refractivity contribution is 0.382. The standard InChI is InChI=1S/C27H30N2O5S/c28-35(32,33)29(20-10-4-3-5-11-20)21-12-8-9-19(17-21)24(18-15-16-18)25-26(30)22-13-6-1-2-7-14-23(22)34-27(25)31/h3-5,8-12,17-18,24,30H,1-2,6-7,13-16H2,(H2,28,32,33). The number of nitrogens with two attached hydrogens (primary N) is 1.